The van der Waals surface area contributed by atoms with Gasteiger partial charge in [-0.25, -0.2) is 24.9 Å². The number of aromatic nitrogens is 9. The Morgan fingerprint density at radius 1 is 0.516 bits per heavy atom. The lowest BCUT2D eigenvalue weighted by molar-refractivity contribution is 0.102. The van der Waals surface area contributed by atoms with E-state index >= 15 is 0 Å². The zero-order valence-electron chi connectivity index (χ0n) is 36.2. The highest BCUT2D eigenvalue weighted by molar-refractivity contribution is 6.28. The van der Waals surface area contributed by atoms with Crippen molar-refractivity contribution in [2.24, 2.45) is 5.73 Å². The predicted molar refractivity (Wildman–Crippen MR) is 250 cm³/mol. The van der Waals surface area contributed by atoms with E-state index in [-0.39, 0.29) is 23.6 Å². The third-order valence-corrected chi connectivity index (χ3v) is 8.52. The normalized spacial score (nSPS) is 9.97. The number of nitrogens with two attached hydrogens (primary N) is 2. The molecule has 0 aliphatic heterocycles. The quantitative estimate of drug-likeness (QED) is 0.0861. The highest BCUT2D eigenvalue weighted by atomic mass is 35.5. The molecule has 0 aliphatic carbocycles. The maximum atomic E-state index is 12.3. The predicted octanol–water partition coefficient (Wildman–Crippen LogP) is 8.36. The van der Waals surface area contributed by atoms with Crippen LogP contribution in [0, 0.1) is 55.4 Å². The number of para-hydroxylation sites is 2. The van der Waals surface area contributed by atoms with Crippen molar-refractivity contribution in [3.8, 4) is 0 Å². The van der Waals surface area contributed by atoms with Gasteiger partial charge in [0, 0.05) is 25.2 Å². The molecule has 7 aromatic rings. The number of nitrogens with zero attached hydrogens (tertiary/aromatic N) is 9. The van der Waals surface area contributed by atoms with Gasteiger partial charge in [-0.15, -0.1) is 12.4 Å². The van der Waals surface area contributed by atoms with Crippen LogP contribution in [0.25, 0.3) is 0 Å². The smallest absolute Gasteiger partial charge is 0.255 e. The highest BCUT2D eigenvalue weighted by Gasteiger charge is 2.08. The molecular formula is C45H54Cl2N14O. The van der Waals surface area contributed by atoms with Crippen LogP contribution in [0.2, 0.25) is 5.28 Å². The average molecular weight is 878 g/mol. The molecule has 17 heteroatoms. The first kappa shape index (κ1) is 49.7. The minimum absolute atomic E-state index is 0. The van der Waals surface area contributed by atoms with Gasteiger partial charge in [0.05, 0.1) is 11.4 Å². The molecule has 0 bridgehead atoms. The maximum Gasteiger partial charge on any atom is 0.255 e. The topological polar surface area (TPSA) is 221 Å². The molecule has 0 fully saturated rings. The first-order valence-corrected chi connectivity index (χ1v) is 19.8. The summed E-state index contributed by atoms with van der Waals surface area (Å²) in [5.41, 5.74) is 18.9. The fourth-order valence-electron chi connectivity index (χ4n) is 5.34. The van der Waals surface area contributed by atoms with Crippen molar-refractivity contribution in [2.75, 3.05) is 21.7 Å². The fraction of sp³-hybridized carbons (Fsp3) is 0.244. The third kappa shape index (κ3) is 17.9. The van der Waals surface area contributed by atoms with Crippen LogP contribution in [0.15, 0.2) is 97.1 Å². The maximum absolute atomic E-state index is 12.3. The minimum Gasteiger partial charge on any atom is -0.397 e. The monoisotopic (exact) mass is 876 g/mol. The van der Waals surface area contributed by atoms with Gasteiger partial charge in [0.1, 0.15) is 34.9 Å². The summed E-state index contributed by atoms with van der Waals surface area (Å²) in [7, 11) is 0. The Labute approximate surface area is 374 Å². The third-order valence-electron chi connectivity index (χ3n) is 8.35. The van der Waals surface area contributed by atoms with E-state index in [4.69, 9.17) is 23.1 Å². The number of hydrogen-bond donors (Lipinski definition) is 5. The second-order valence-electron chi connectivity index (χ2n) is 13.8. The van der Waals surface area contributed by atoms with Gasteiger partial charge in [-0.1, -0.05) is 83.9 Å². The lowest BCUT2D eigenvalue weighted by Crippen LogP contribution is -2.13. The molecule has 62 heavy (non-hydrogen) atoms. The number of rotatable bonds is 9. The Morgan fingerprint density at radius 2 is 0.887 bits per heavy atom. The molecule has 3 aromatic heterocycles. The molecule has 4 aromatic carbocycles. The molecule has 0 unspecified atom stereocenters. The van der Waals surface area contributed by atoms with Gasteiger partial charge in [-0.3, -0.25) is 4.79 Å². The molecule has 324 valence electrons. The lowest BCUT2D eigenvalue weighted by atomic mass is 10.1. The van der Waals surface area contributed by atoms with Crippen LogP contribution in [-0.4, -0.2) is 50.8 Å². The van der Waals surface area contributed by atoms with E-state index in [1.54, 1.807) is 38.1 Å². The molecule has 0 radical (unpaired) electrons. The van der Waals surface area contributed by atoms with Crippen LogP contribution in [-0.2, 0) is 19.6 Å². The van der Waals surface area contributed by atoms with Crippen LogP contribution in [0.5, 0.6) is 0 Å². The number of halogens is 2. The molecule has 7 rings (SSSR count). The standard InChI is InChI=1S/C19H20N6O.C13H16N4.C8H11N.C5H6ClN3.ClH/c1-12-22-13(2)24-19(23-12)21-11-14-7-9-15(10-8-14)18(26)25-17-6-4-3-5-16(17)20;1-9-4-6-12(7-5-9)8-14-13-16-10(2)15-11(3)17-13;1-7-2-4-8(6-9)5-3-7;1-3-7-4(2)9-5(6)8-3;/h3-10H,11,20H2,1-2H3,(H,25,26)(H,21,22,23,24);4-7H,8H2,1-3H3,(H,14,15,16,17);2-5H,6,9H2,1H3;1-2H3;1H. The molecule has 0 saturated heterocycles. The summed E-state index contributed by atoms with van der Waals surface area (Å²) in [5, 5.41) is 9.43. The summed E-state index contributed by atoms with van der Waals surface area (Å²) in [6, 6.07) is 31.1. The molecule has 3 heterocycles. The first-order valence-electron chi connectivity index (χ1n) is 19.4. The summed E-state index contributed by atoms with van der Waals surface area (Å²) in [4.78, 5) is 49.0. The largest absolute Gasteiger partial charge is 0.397 e. The number of nitrogen functional groups attached to an aromatic ring is 1. The molecule has 0 saturated carbocycles. The second-order valence-corrected chi connectivity index (χ2v) is 14.2. The van der Waals surface area contributed by atoms with E-state index in [9.17, 15) is 4.79 Å². The number of nitrogens with one attached hydrogen (secondary N) is 3. The van der Waals surface area contributed by atoms with Crippen LogP contribution < -0.4 is 27.4 Å². The minimum atomic E-state index is -0.203. The van der Waals surface area contributed by atoms with Crippen molar-refractivity contribution in [1.82, 2.24) is 44.9 Å². The van der Waals surface area contributed by atoms with E-state index in [1.165, 1.54) is 22.3 Å². The van der Waals surface area contributed by atoms with Gasteiger partial charge >= 0.3 is 0 Å². The molecule has 0 spiro atoms. The number of hydrogen-bond acceptors (Lipinski definition) is 14. The van der Waals surface area contributed by atoms with Crippen LogP contribution in [0.3, 0.4) is 0 Å². The van der Waals surface area contributed by atoms with Crippen molar-refractivity contribution in [2.45, 2.75) is 75.0 Å². The molecule has 0 aliphatic rings. The summed E-state index contributed by atoms with van der Waals surface area (Å²) >= 11 is 5.49. The molecule has 1 amide bonds. The van der Waals surface area contributed by atoms with Crippen LogP contribution >= 0.6 is 24.0 Å². The van der Waals surface area contributed by atoms with Gasteiger partial charge in [-0.2, -0.15) is 19.9 Å². The SMILES string of the molecule is Cc1ccc(CN)cc1.Cc1ccc(CNc2nc(C)nc(C)n2)cc1.Cc1nc(C)nc(Cl)n1.Cc1nc(C)nc(NCc2ccc(C(=O)Nc3ccccc3N)cc2)n1.Cl. The van der Waals surface area contributed by atoms with Crippen molar-refractivity contribution < 1.29 is 4.79 Å². The van der Waals surface area contributed by atoms with Crippen molar-refractivity contribution >= 4 is 53.2 Å². The fourth-order valence-corrected chi connectivity index (χ4v) is 5.58. The van der Waals surface area contributed by atoms with E-state index in [0.29, 0.717) is 65.2 Å². The van der Waals surface area contributed by atoms with E-state index in [0.717, 1.165) is 23.8 Å². The zero-order valence-corrected chi connectivity index (χ0v) is 37.8. The Hall–Kier alpha value is -6.68. The molecule has 0 atom stereocenters. The summed E-state index contributed by atoms with van der Waals surface area (Å²) in [5.74, 6) is 5.12. The molecular weight excluding hydrogens is 823 g/mol. The van der Waals surface area contributed by atoms with E-state index in [1.807, 2.05) is 52.0 Å². The van der Waals surface area contributed by atoms with Crippen molar-refractivity contribution in [3.63, 3.8) is 0 Å². The Bertz CT molecular complexity index is 2380. The number of carbonyl (C=O) groups is 1. The van der Waals surface area contributed by atoms with Gasteiger partial charge in [0.25, 0.3) is 5.91 Å². The lowest BCUT2D eigenvalue weighted by Gasteiger charge is -2.09. The summed E-state index contributed by atoms with van der Waals surface area (Å²) < 4.78 is 0. The van der Waals surface area contributed by atoms with Gasteiger partial charge in [-0.05, 0) is 108 Å². The highest BCUT2D eigenvalue weighted by Crippen LogP contribution is 2.18. The summed E-state index contributed by atoms with van der Waals surface area (Å²) in [6.07, 6.45) is 0. The van der Waals surface area contributed by atoms with Crippen molar-refractivity contribution in [3.05, 3.63) is 171 Å². The Morgan fingerprint density at radius 3 is 1.27 bits per heavy atom. The Balaban J connectivity index is 0.000000243. The summed E-state index contributed by atoms with van der Waals surface area (Å²) in [6.45, 7) is 17.0. The van der Waals surface area contributed by atoms with Gasteiger partial charge < -0.3 is 27.4 Å². The van der Waals surface area contributed by atoms with Crippen LogP contribution in [0.4, 0.5) is 23.3 Å². The van der Waals surface area contributed by atoms with Crippen molar-refractivity contribution in [1.29, 1.82) is 0 Å². The van der Waals surface area contributed by atoms with Crippen LogP contribution in [0.1, 0.15) is 73.1 Å². The molecule has 15 nitrogen and oxygen atoms in total. The van der Waals surface area contributed by atoms with E-state index in [2.05, 4.69) is 123 Å². The zero-order chi connectivity index (χ0) is 44.3. The number of anilines is 4. The average Bonchev–Trinajstić information content (AvgIpc) is 3.21. The second kappa shape index (κ2) is 25.2. The first-order chi connectivity index (χ1) is 29.1. The number of aryl methyl sites for hydroxylation is 8. The van der Waals surface area contributed by atoms with E-state index < -0.39 is 0 Å². The molecule has 7 N–H and O–H groups in total. The Kier molecular flexibility index (Phi) is 20.2. The van der Waals surface area contributed by atoms with Gasteiger partial charge in [0.2, 0.25) is 17.2 Å². The number of amides is 1. The number of benzene rings is 4. The van der Waals surface area contributed by atoms with Gasteiger partial charge in [0.15, 0.2) is 0 Å². The number of carbonyl (C=O) groups excluding carboxylic acids is 1.